The highest BCUT2D eigenvalue weighted by atomic mass is 16.5. The molecule has 2 fully saturated rings. The largest absolute Gasteiger partial charge is 0.490 e. The molecule has 202 valence electrons. The van der Waals surface area contributed by atoms with Crippen molar-refractivity contribution < 1.29 is 19.4 Å². The van der Waals surface area contributed by atoms with Gasteiger partial charge in [0.25, 0.3) is 5.91 Å². The fraction of sp³-hybridized carbons (Fsp3) is 0.281. The second-order valence-corrected chi connectivity index (χ2v) is 10.3. The standard InChI is InChI=1S/C32H35N3O4/c1-23(35-18-17-32(22-35)19-30(32)39-29-13-8-24(21-36)9-14-29)7-12-26(20-33)34-31(37)25-10-15-28(16-11-25)38-27-5-3-2-4-6-27/h2-15,20,28,30,36H,1,16-19,21-22,33H2,(H,34,37)/b12-7-,26-20+/t28?,30-,32?/m1/s1. The van der Waals surface area contributed by atoms with Crippen LogP contribution in [-0.2, 0) is 11.4 Å². The molecule has 2 unspecified atom stereocenters. The summed E-state index contributed by atoms with van der Waals surface area (Å²) in [6.07, 6.45) is 13.4. The van der Waals surface area contributed by atoms with Gasteiger partial charge >= 0.3 is 0 Å². The van der Waals surface area contributed by atoms with Crippen molar-refractivity contribution in [3.05, 3.63) is 120 Å². The summed E-state index contributed by atoms with van der Waals surface area (Å²) in [4.78, 5) is 15.0. The molecule has 7 heteroatoms. The summed E-state index contributed by atoms with van der Waals surface area (Å²) in [6.45, 7) is 6.05. The number of aliphatic hydroxyl groups is 1. The van der Waals surface area contributed by atoms with Gasteiger partial charge in [-0.1, -0.05) is 49.1 Å². The Morgan fingerprint density at radius 1 is 1.13 bits per heavy atom. The lowest BCUT2D eigenvalue weighted by molar-refractivity contribution is -0.116. The normalized spacial score (nSPS) is 24.1. The minimum Gasteiger partial charge on any atom is -0.490 e. The minimum atomic E-state index is -0.221. The van der Waals surface area contributed by atoms with Gasteiger partial charge in [-0.25, -0.2) is 0 Å². The van der Waals surface area contributed by atoms with Crippen molar-refractivity contribution in [1.82, 2.24) is 10.2 Å². The number of nitrogens with two attached hydrogens (primary N) is 1. The number of carbonyl (C=O) groups excluding carboxylic acids is 1. The predicted molar refractivity (Wildman–Crippen MR) is 151 cm³/mol. The van der Waals surface area contributed by atoms with Crippen molar-refractivity contribution in [3.8, 4) is 11.5 Å². The van der Waals surface area contributed by atoms with Gasteiger partial charge in [-0.2, -0.15) is 0 Å². The molecule has 4 N–H and O–H groups in total. The highest BCUT2D eigenvalue weighted by Crippen LogP contribution is 2.55. The molecule has 3 atom stereocenters. The Hall–Kier alpha value is -4.23. The third-order valence-electron chi connectivity index (χ3n) is 7.54. The van der Waals surface area contributed by atoms with E-state index in [1.807, 2.05) is 72.8 Å². The van der Waals surface area contributed by atoms with Crippen LogP contribution in [-0.4, -0.2) is 41.2 Å². The van der Waals surface area contributed by atoms with Crippen LogP contribution in [0.4, 0.5) is 0 Å². The summed E-state index contributed by atoms with van der Waals surface area (Å²) in [6, 6.07) is 17.2. The number of benzene rings is 2. The highest BCUT2D eigenvalue weighted by Gasteiger charge is 2.59. The highest BCUT2D eigenvalue weighted by molar-refractivity contribution is 5.97. The van der Waals surface area contributed by atoms with Gasteiger partial charge in [0.1, 0.15) is 23.7 Å². The molecular formula is C32H35N3O4. The van der Waals surface area contributed by atoms with Crippen molar-refractivity contribution in [3.63, 3.8) is 0 Å². The molecule has 3 aliphatic rings. The number of carbonyl (C=O) groups is 1. The molecule has 2 aliphatic carbocycles. The Morgan fingerprint density at radius 3 is 2.59 bits per heavy atom. The summed E-state index contributed by atoms with van der Waals surface area (Å²) in [7, 11) is 0. The van der Waals surface area contributed by atoms with Gasteiger partial charge in [-0.15, -0.1) is 0 Å². The van der Waals surface area contributed by atoms with Gasteiger partial charge in [0.2, 0.25) is 0 Å². The van der Waals surface area contributed by atoms with E-state index in [0.29, 0.717) is 17.7 Å². The molecule has 0 aromatic heterocycles. The fourth-order valence-electron chi connectivity index (χ4n) is 5.05. The average molecular weight is 526 g/mol. The van der Waals surface area contributed by atoms with E-state index >= 15 is 0 Å². The van der Waals surface area contributed by atoms with E-state index in [9.17, 15) is 9.90 Å². The molecule has 1 heterocycles. The van der Waals surface area contributed by atoms with Gasteiger partial charge in [0, 0.05) is 42.4 Å². The Labute approximate surface area is 229 Å². The van der Waals surface area contributed by atoms with Crippen molar-refractivity contribution in [2.45, 2.75) is 38.1 Å². The molecule has 0 bridgehead atoms. The monoisotopic (exact) mass is 525 g/mol. The van der Waals surface area contributed by atoms with Gasteiger partial charge in [0.15, 0.2) is 0 Å². The number of amides is 1. The number of para-hydroxylation sites is 1. The lowest BCUT2D eigenvalue weighted by atomic mass is 10.0. The van der Waals surface area contributed by atoms with Crippen LogP contribution >= 0.6 is 0 Å². The number of allylic oxidation sites excluding steroid dienone is 2. The molecule has 1 aliphatic heterocycles. The van der Waals surface area contributed by atoms with E-state index in [2.05, 4.69) is 16.8 Å². The van der Waals surface area contributed by atoms with Crippen LogP contribution in [0, 0.1) is 5.41 Å². The number of likely N-dealkylation sites (tertiary alicyclic amines) is 1. The topological polar surface area (TPSA) is 97.0 Å². The number of nitrogens with one attached hydrogen (secondary N) is 1. The van der Waals surface area contributed by atoms with Gasteiger partial charge in [-0.05, 0) is 60.9 Å². The second-order valence-electron chi connectivity index (χ2n) is 10.3. The molecule has 5 rings (SSSR count). The second kappa shape index (κ2) is 11.7. The van der Waals surface area contributed by atoms with E-state index in [1.54, 1.807) is 12.2 Å². The first-order valence-electron chi connectivity index (χ1n) is 13.3. The van der Waals surface area contributed by atoms with Crippen molar-refractivity contribution in [2.24, 2.45) is 11.1 Å². The number of hydrogen-bond acceptors (Lipinski definition) is 6. The zero-order chi connectivity index (χ0) is 27.2. The first kappa shape index (κ1) is 26.4. The molecule has 1 saturated heterocycles. The van der Waals surface area contributed by atoms with Gasteiger partial charge in [-0.3, -0.25) is 4.79 Å². The number of ether oxygens (including phenoxy) is 2. The van der Waals surface area contributed by atoms with Crippen LogP contribution in [0.3, 0.4) is 0 Å². The molecule has 1 spiro atoms. The molecule has 0 radical (unpaired) electrons. The summed E-state index contributed by atoms with van der Waals surface area (Å²) in [5.74, 6) is 1.41. The number of aliphatic hydroxyl groups excluding tert-OH is 1. The smallest absolute Gasteiger partial charge is 0.255 e. The maximum atomic E-state index is 12.8. The summed E-state index contributed by atoms with van der Waals surface area (Å²) in [5, 5.41) is 12.1. The maximum Gasteiger partial charge on any atom is 0.255 e. The van der Waals surface area contributed by atoms with Crippen LogP contribution in [0.5, 0.6) is 11.5 Å². The Balaban J connectivity index is 1.08. The first-order valence-corrected chi connectivity index (χ1v) is 13.3. The summed E-state index contributed by atoms with van der Waals surface area (Å²) < 4.78 is 12.1. The predicted octanol–water partition coefficient (Wildman–Crippen LogP) is 4.34. The summed E-state index contributed by atoms with van der Waals surface area (Å²) in [5.41, 5.74) is 8.77. The zero-order valence-electron chi connectivity index (χ0n) is 22.0. The van der Waals surface area contributed by atoms with Gasteiger partial charge < -0.3 is 30.5 Å². The number of rotatable bonds is 10. The molecule has 2 aromatic rings. The van der Waals surface area contributed by atoms with E-state index in [-0.39, 0.29) is 30.1 Å². The van der Waals surface area contributed by atoms with E-state index in [0.717, 1.165) is 48.7 Å². The molecule has 7 nitrogen and oxygen atoms in total. The van der Waals surface area contributed by atoms with E-state index < -0.39 is 0 Å². The van der Waals surface area contributed by atoms with Crippen LogP contribution in [0.1, 0.15) is 24.8 Å². The quantitative estimate of drug-likeness (QED) is 0.400. The van der Waals surface area contributed by atoms with Crippen LogP contribution in [0.2, 0.25) is 0 Å². The van der Waals surface area contributed by atoms with Gasteiger partial charge in [0.05, 0.1) is 12.3 Å². The lowest BCUT2D eigenvalue weighted by Gasteiger charge is -2.19. The lowest BCUT2D eigenvalue weighted by Crippen LogP contribution is -2.26. The minimum absolute atomic E-state index is 0.0307. The molecule has 1 saturated carbocycles. The molecule has 1 amide bonds. The van der Waals surface area contributed by atoms with Crippen molar-refractivity contribution in [1.29, 1.82) is 0 Å². The third kappa shape index (κ3) is 6.44. The Kier molecular flexibility index (Phi) is 7.89. The third-order valence-corrected chi connectivity index (χ3v) is 7.54. The molecular weight excluding hydrogens is 490 g/mol. The van der Waals surface area contributed by atoms with Crippen LogP contribution < -0.4 is 20.5 Å². The fourth-order valence-corrected chi connectivity index (χ4v) is 5.05. The summed E-state index contributed by atoms with van der Waals surface area (Å²) >= 11 is 0. The first-order chi connectivity index (χ1) is 19.0. The van der Waals surface area contributed by atoms with Crippen LogP contribution in [0.15, 0.2) is 115 Å². The van der Waals surface area contributed by atoms with Crippen molar-refractivity contribution >= 4 is 5.91 Å². The maximum absolute atomic E-state index is 12.8. The molecule has 39 heavy (non-hydrogen) atoms. The Bertz CT molecular complexity index is 1310. The zero-order valence-corrected chi connectivity index (χ0v) is 22.0. The van der Waals surface area contributed by atoms with E-state index in [1.165, 1.54) is 6.20 Å². The average Bonchev–Trinajstić information content (AvgIpc) is 3.44. The van der Waals surface area contributed by atoms with E-state index in [4.69, 9.17) is 15.2 Å². The Morgan fingerprint density at radius 2 is 1.90 bits per heavy atom. The number of nitrogens with zero attached hydrogens (tertiary/aromatic N) is 1. The van der Waals surface area contributed by atoms with Crippen LogP contribution in [0.25, 0.3) is 0 Å². The molecule has 2 aromatic carbocycles. The van der Waals surface area contributed by atoms with Crippen molar-refractivity contribution in [2.75, 3.05) is 13.1 Å². The SMILES string of the molecule is C=C(/C=C\C(=C/N)NC(=O)C1=CCC(Oc2ccccc2)C=C1)N1CCC2(C[C@H]2Oc2ccc(CO)cc2)C1. The number of hydrogen-bond donors (Lipinski definition) is 3.